The maximum atomic E-state index is 12.5. The van der Waals surface area contributed by atoms with Gasteiger partial charge in [0.05, 0.1) is 0 Å². The second-order valence-electron chi connectivity index (χ2n) is 7.99. The molecule has 0 spiro atoms. The van der Waals surface area contributed by atoms with E-state index in [1.807, 2.05) is 47.4 Å². The van der Waals surface area contributed by atoms with Gasteiger partial charge in [0.2, 0.25) is 5.91 Å². The number of carbonyl (C=O) groups is 2. The average molecular weight is 429 g/mol. The van der Waals surface area contributed by atoms with Crippen molar-refractivity contribution < 1.29 is 14.3 Å². The number of carbonyl (C=O) groups excluding carboxylic acids is 2. The normalized spacial score (nSPS) is 12.7. The minimum Gasteiger partial charge on any atom is -0.489 e. The summed E-state index contributed by atoms with van der Waals surface area (Å²) in [6.07, 6.45) is 1.97. The zero-order chi connectivity index (χ0) is 22.2. The Labute approximate surface area is 189 Å². The molecule has 0 saturated heterocycles. The van der Waals surface area contributed by atoms with Gasteiger partial charge in [-0.3, -0.25) is 9.59 Å². The molecule has 0 bridgehead atoms. The van der Waals surface area contributed by atoms with Gasteiger partial charge in [-0.05, 0) is 53.8 Å². The van der Waals surface area contributed by atoms with Gasteiger partial charge in [-0.1, -0.05) is 54.6 Å². The number of fused-ring (bicyclic) bond motifs is 1. The second kappa shape index (κ2) is 10.6. The predicted molar refractivity (Wildman–Crippen MR) is 124 cm³/mol. The first-order valence-electron chi connectivity index (χ1n) is 11.1. The smallest absolute Gasteiger partial charge is 0.251 e. The van der Waals surface area contributed by atoms with E-state index in [1.165, 1.54) is 11.1 Å². The molecule has 1 aliphatic heterocycles. The average Bonchev–Trinajstić information content (AvgIpc) is 2.85. The molecule has 3 aromatic carbocycles. The molecule has 0 aliphatic carbocycles. The summed E-state index contributed by atoms with van der Waals surface area (Å²) in [5.41, 5.74) is 4.24. The van der Waals surface area contributed by atoms with Gasteiger partial charge in [-0.2, -0.15) is 0 Å². The summed E-state index contributed by atoms with van der Waals surface area (Å²) in [6.45, 7) is 2.41. The predicted octanol–water partition coefficient (Wildman–Crippen LogP) is 4.36. The van der Waals surface area contributed by atoms with Crippen LogP contribution in [0.4, 0.5) is 0 Å². The van der Waals surface area contributed by atoms with E-state index in [0.717, 1.165) is 24.3 Å². The van der Waals surface area contributed by atoms with Crippen LogP contribution in [0.3, 0.4) is 0 Å². The lowest BCUT2D eigenvalue weighted by molar-refractivity contribution is -0.132. The lowest BCUT2D eigenvalue weighted by atomic mass is 9.99. The van der Waals surface area contributed by atoms with Crippen LogP contribution >= 0.6 is 0 Å². The van der Waals surface area contributed by atoms with E-state index in [2.05, 4.69) is 17.4 Å². The first kappa shape index (κ1) is 21.6. The fourth-order valence-electron chi connectivity index (χ4n) is 3.85. The minimum absolute atomic E-state index is 0.140. The Morgan fingerprint density at radius 3 is 2.38 bits per heavy atom. The molecule has 1 N–H and O–H groups in total. The lowest BCUT2D eigenvalue weighted by Gasteiger charge is -2.29. The summed E-state index contributed by atoms with van der Waals surface area (Å²) in [6, 6.07) is 25.4. The van der Waals surface area contributed by atoms with Crippen LogP contribution in [0, 0.1) is 0 Å². The van der Waals surface area contributed by atoms with Crippen molar-refractivity contribution in [3.8, 4) is 5.75 Å². The summed E-state index contributed by atoms with van der Waals surface area (Å²) >= 11 is 0. The van der Waals surface area contributed by atoms with Crippen LogP contribution in [-0.2, 0) is 24.4 Å². The highest BCUT2D eigenvalue weighted by atomic mass is 16.5. The number of rotatable bonds is 8. The van der Waals surface area contributed by atoms with E-state index in [-0.39, 0.29) is 11.8 Å². The number of hydrogen-bond donors (Lipinski definition) is 1. The van der Waals surface area contributed by atoms with Gasteiger partial charge in [0.25, 0.3) is 5.91 Å². The van der Waals surface area contributed by atoms with Crippen molar-refractivity contribution in [2.75, 3.05) is 13.1 Å². The van der Waals surface area contributed by atoms with Gasteiger partial charge in [0, 0.05) is 31.6 Å². The zero-order valence-corrected chi connectivity index (χ0v) is 18.1. The van der Waals surface area contributed by atoms with Crippen molar-refractivity contribution in [1.82, 2.24) is 10.2 Å². The second-order valence-corrected chi connectivity index (χ2v) is 7.99. The number of hydrogen-bond acceptors (Lipinski definition) is 3. The third-order valence-corrected chi connectivity index (χ3v) is 5.70. The van der Waals surface area contributed by atoms with Gasteiger partial charge in [0.15, 0.2) is 0 Å². The molecule has 3 aromatic rings. The van der Waals surface area contributed by atoms with Crippen LogP contribution < -0.4 is 10.1 Å². The van der Waals surface area contributed by atoms with Crippen LogP contribution in [-0.4, -0.2) is 29.8 Å². The van der Waals surface area contributed by atoms with E-state index in [9.17, 15) is 9.59 Å². The molecule has 0 atom stereocenters. The van der Waals surface area contributed by atoms with E-state index < -0.39 is 0 Å². The highest BCUT2D eigenvalue weighted by Gasteiger charge is 2.19. The lowest BCUT2D eigenvalue weighted by Crippen LogP contribution is -2.36. The van der Waals surface area contributed by atoms with E-state index >= 15 is 0 Å². The molecule has 0 saturated carbocycles. The van der Waals surface area contributed by atoms with Crippen LogP contribution in [0.5, 0.6) is 5.75 Å². The Kier molecular flexibility index (Phi) is 7.18. The molecule has 1 aliphatic rings. The zero-order valence-electron chi connectivity index (χ0n) is 18.1. The summed E-state index contributed by atoms with van der Waals surface area (Å²) in [5.74, 6) is 0.728. The van der Waals surface area contributed by atoms with Gasteiger partial charge in [-0.25, -0.2) is 0 Å². The van der Waals surface area contributed by atoms with Crippen molar-refractivity contribution in [3.05, 3.63) is 101 Å². The molecule has 164 valence electrons. The first-order valence-corrected chi connectivity index (χ1v) is 11.1. The molecular formula is C27H28N2O3. The number of nitrogens with zero attached hydrogens (tertiary/aromatic N) is 1. The highest BCUT2D eigenvalue weighted by Crippen LogP contribution is 2.19. The molecule has 0 fully saturated rings. The molecule has 4 rings (SSSR count). The molecule has 5 nitrogen and oxygen atoms in total. The third kappa shape index (κ3) is 5.76. The monoisotopic (exact) mass is 428 g/mol. The molecule has 0 radical (unpaired) electrons. The third-order valence-electron chi connectivity index (χ3n) is 5.70. The van der Waals surface area contributed by atoms with Crippen molar-refractivity contribution in [1.29, 1.82) is 0 Å². The van der Waals surface area contributed by atoms with Crippen LogP contribution in [0.2, 0.25) is 0 Å². The molecular weight excluding hydrogens is 400 g/mol. The molecule has 2 amide bonds. The van der Waals surface area contributed by atoms with Crippen molar-refractivity contribution in [3.63, 3.8) is 0 Å². The van der Waals surface area contributed by atoms with Gasteiger partial charge < -0.3 is 15.0 Å². The number of nitrogens with one attached hydrogen (secondary N) is 1. The molecule has 0 aromatic heterocycles. The largest absolute Gasteiger partial charge is 0.489 e. The van der Waals surface area contributed by atoms with E-state index in [4.69, 9.17) is 4.74 Å². The first-order chi connectivity index (χ1) is 15.7. The van der Waals surface area contributed by atoms with Crippen molar-refractivity contribution >= 4 is 11.8 Å². The Morgan fingerprint density at radius 2 is 1.59 bits per heavy atom. The molecule has 5 heteroatoms. The summed E-state index contributed by atoms with van der Waals surface area (Å²) in [7, 11) is 0. The molecule has 0 unspecified atom stereocenters. The summed E-state index contributed by atoms with van der Waals surface area (Å²) in [4.78, 5) is 26.8. The fraction of sp³-hybridized carbons (Fsp3) is 0.259. The number of amides is 2. The topological polar surface area (TPSA) is 58.6 Å². The van der Waals surface area contributed by atoms with E-state index in [1.54, 1.807) is 24.3 Å². The maximum absolute atomic E-state index is 12.5. The minimum atomic E-state index is -0.140. The quantitative estimate of drug-likeness (QED) is 0.543. The summed E-state index contributed by atoms with van der Waals surface area (Å²) < 4.78 is 5.76. The maximum Gasteiger partial charge on any atom is 0.251 e. The van der Waals surface area contributed by atoms with Gasteiger partial charge in [-0.15, -0.1) is 0 Å². The van der Waals surface area contributed by atoms with Crippen molar-refractivity contribution in [2.24, 2.45) is 0 Å². The Bertz CT molecular complexity index is 1050. The van der Waals surface area contributed by atoms with Crippen molar-refractivity contribution in [2.45, 2.75) is 32.4 Å². The Morgan fingerprint density at radius 1 is 0.875 bits per heavy atom. The molecule has 32 heavy (non-hydrogen) atoms. The highest BCUT2D eigenvalue weighted by molar-refractivity contribution is 5.94. The number of benzene rings is 3. The Hall–Kier alpha value is -3.60. The SMILES string of the molecule is O=C(NCCCC(=O)N1CCc2ccccc2C1)c1ccc(OCc2ccccc2)cc1. The Balaban J connectivity index is 1.17. The van der Waals surface area contributed by atoms with Crippen LogP contribution in [0.25, 0.3) is 0 Å². The molecule has 1 heterocycles. The summed E-state index contributed by atoms with van der Waals surface area (Å²) in [5, 5.41) is 2.90. The van der Waals surface area contributed by atoms with Crippen LogP contribution in [0.1, 0.15) is 39.9 Å². The fourth-order valence-corrected chi connectivity index (χ4v) is 3.85. The van der Waals surface area contributed by atoms with E-state index in [0.29, 0.717) is 38.1 Å². The number of ether oxygens (including phenoxy) is 1. The van der Waals surface area contributed by atoms with Crippen LogP contribution in [0.15, 0.2) is 78.9 Å². The van der Waals surface area contributed by atoms with Gasteiger partial charge in [0.1, 0.15) is 12.4 Å². The standard InChI is InChI=1S/C27H28N2O3/c30-26(29-18-16-22-9-4-5-10-24(22)19-29)11-6-17-28-27(31)23-12-14-25(15-13-23)32-20-21-7-2-1-3-8-21/h1-5,7-10,12-15H,6,11,16-20H2,(H,28,31). The van der Waals surface area contributed by atoms with Gasteiger partial charge >= 0.3 is 0 Å².